The molecular weight excluding hydrogens is 386 g/mol. The molecule has 0 unspecified atom stereocenters. The molecule has 0 aromatic heterocycles. The summed E-state index contributed by atoms with van der Waals surface area (Å²) in [5.74, 6) is -4.62. The molecule has 0 fully saturated rings. The van der Waals surface area contributed by atoms with E-state index in [-0.39, 0.29) is 6.61 Å². The highest BCUT2D eigenvalue weighted by atomic mass is 16.4. The van der Waals surface area contributed by atoms with Crippen molar-refractivity contribution in [3.63, 3.8) is 0 Å². The Morgan fingerprint density at radius 1 is 1.00 bits per heavy atom. The van der Waals surface area contributed by atoms with E-state index in [1.165, 1.54) is 5.56 Å². The molecule has 0 atom stereocenters. The van der Waals surface area contributed by atoms with Gasteiger partial charge in [-0.1, -0.05) is 25.5 Å². The Kier molecular flexibility index (Phi) is 12.2. The van der Waals surface area contributed by atoms with Crippen molar-refractivity contribution in [3.05, 3.63) is 29.3 Å². The maximum Gasteiger partial charge on any atom is 0.336 e. The first-order valence-corrected chi connectivity index (χ1v) is 9.07. The van der Waals surface area contributed by atoms with Crippen molar-refractivity contribution >= 4 is 17.9 Å². The summed E-state index contributed by atoms with van der Waals surface area (Å²) in [7, 11) is 0. The van der Waals surface area contributed by atoms with E-state index in [1.54, 1.807) is 6.07 Å². The molecule has 0 saturated heterocycles. The van der Waals surface area contributed by atoms with Crippen LogP contribution < -0.4 is 5.32 Å². The van der Waals surface area contributed by atoms with E-state index in [4.69, 9.17) is 25.5 Å². The summed E-state index contributed by atoms with van der Waals surface area (Å²) in [5.41, 5.74) is -0.480. The second-order valence-electron chi connectivity index (χ2n) is 6.41. The van der Waals surface area contributed by atoms with Crippen molar-refractivity contribution in [2.45, 2.75) is 44.6 Å². The van der Waals surface area contributed by atoms with Gasteiger partial charge in [-0.25, -0.2) is 4.79 Å². The van der Waals surface area contributed by atoms with Crippen molar-refractivity contribution in [1.29, 1.82) is 0 Å². The monoisotopic (exact) mass is 415 g/mol. The van der Waals surface area contributed by atoms with E-state index >= 15 is 0 Å². The third-order valence-electron chi connectivity index (χ3n) is 3.83. The second kappa shape index (κ2) is 13.5. The number of phenols is 1. The molecule has 0 aliphatic rings. The van der Waals surface area contributed by atoms with Crippen LogP contribution in [0.1, 0.15) is 37.3 Å². The number of benzene rings is 1. The Morgan fingerprint density at radius 3 is 2.03 bits per heavy atom. The van der Waals surface area contributed by atoms with Gasteiger partial charge in [-0.2, -0.15) is 0 Å². The van der Waals surface area contributed by atoms with Crippen LogP contribution in [0.15, 0.2) is 18.2 Å². The summed E-state index contributed by atoms with van der Waals surface area (Å²) < 4.78 is 0. The summed E-state index contributed by atoms with van der Waals surface area (Å²) in [4.78, 5) is 30.5. The van der Waals surface area contributed by atoms with Gasteiger partial charge in [-0.3, -0.25) is 9.59 Å². The van der Waals surface area contributed by atoms with E-state index in [9.17, 15) is 19.5 Å². The number of carbonyl (C=O) groups is 3. The number of hydrogen-bond acceptors (Lipinski definition) is 7. The van der Waals surface area contributed by atoms with Crippen LogP contribution in [-0.4, -0.2) is 73.8 Å². The van der Waals surface area contributed by atoms with E-state index in [0.717, 1.165) is 31.4 Å². The fraction of sp³-hybridized carbons (Fsp3) is 0.526. The van der Waals surface area contributed by atoms with Gasteiger partial charge in [0, 0.05) is 6.54 Å². The van der Waals surface area contributed by atoms with Gasteiger partial charge in [0.25, 0.3) is 0 Å². The number of nitrogens with one attached hydrogen (secondary N) is 1. The molecule has 0 saturated carbocycles. The van der Waals surface area contributed by atoms with Gasteiger partial charge in [0.15, 0.2) is 5.60 Å². The molecular formula is C19H29NO9. The van der Waals surface area contributed by atoms with E-state index in [1.807, 2.05) is 6.07 Å². The SMILES string of the molecule is CCCc1cc(CCNCCO)ccc1O.O=C(O)CC(O)(CC(=O)O)C(=O)O. The van der Waals surface area contributed by atoms with Crippen LogP contribution >= 0.6 is 0 Å². The molecule has 0 amide bonds. The first kappa shape index (κ1) is 26.3. The Bertz CT molecular complexity index is 660. The van der Waals surface area contributed by atoms with Crippen molar-refractivity contribution in [2.75, 3.05) is 19.7 Å². The Hall–Kier alpha value is -2.69. The van der Waals surface area contributed by atoms with Gasteiger partial charge < -0.3 is 36.0 Å². The first-order chi connectivity index (χ1) is 13.6. The maximum atomic E-state index is 10.3. The number of rotatable bonds is 12. The minimum Gasteiger partial charge on any atom is -0.508 e. The molecule has 0 aliphatic carbocycles. The average Bonchev–Trinajstić information content (AvgIpc) is 2.60. The average molecular weight is 415 g/mol. The number of aryl methyl sites for hydroxylation is 1. The van der Waals surface area contributed by atoms with Crippen LogP contribution in [0.3, 0.4) is 0 Å². The summed E-state index contributed by atoms with van der Waals surface area (Å²) >= 11 is 0. The van der Waals surface area contributed by atoms with Gasteiger partial charge in [-0.05, 0) is 36.6 Å². The predicted molar refractivity (Wildman–Crippen MR) is 103 cm³/mol. The van der Waals surface area contributed by atoms with Crippen molar-refractivity contribution in [3.8, 4) is 5.75 Å². The number of carboxylic acid groups (broad SMARTS) is 3. The van der Waals surface area contributed by atoms with E-state index in [2.05, 4.69) is 18.3 Å². The van der Waals surface area contributed by atoms with Gasteiger partial charge in [0.05, 0.1) is 19.4 Å². The number of aromatic hydroxyl groups is 1. The highest BCUT2D eigenvalue weighted by Gasteiger charge is 2.40. The first-order valence-electron chi connectivity index (χ1n) is 9.07. The summed E-state index contributed by atoms with van der Waals surface area (Å²) in [6, 6.07) is 5.79. The number of carboxylic acids is 3. The van der Waals surface area contributed by atoms with Crippen LogP contribution in [0.25, 0.3) is 0 Å². The lowest BCUT2D eigenvalue weighted by molar-refractivity contribution is -0.170. The number of aliphatic hydroxyl groups is 2. The number of aliphatic carboxylic acids is 3. The van der Waals surface area contributed by atoms with Crippen molar-refractivity contribution in [2.24, 2.45) is 0 Å². The summed E-state index contributed by atoms with van der Waals surface area (Å²) in [6.45, 7) is 3.78. The van der Waals surface area contributed by atoms with Crippen LogP contribution in [0.5, 0.6) is 5.75 Å². The van der Waals surface area contributed by atoms with Crippen LogP contribution in [-0.2, 0) is 27.2 Å². The molecule has 164 valence electrons. The van der Waals surface area contributed by atoms with Crippen LogP contribution in [0.2, 0.25) is 0 Å². The normalized spacial score (nSPS) is 10.7. The molecule has 7 N–H and O–H groups in total. The molecule has 10 nitrogen and oxygen atoms in total. The van der Waals surface area contributed by atoms with Crippen LogP contribution in [0, 0.1) is 0 Å². The Morgan fingerprint density at radius 2 is 1.59 bits per heavy atom. The number of aliphatic hydroxyl groups excluding tert-OH is 1. The zero-order valence-corrected chi connectivity index (χ0v) is 16.3. The lowest BCUT2D eigenvalue weighted by Crippen LogP contribution is -2.42. The maximum absolute atomic E-state index is 10.3. The van der Waals surface area contributed by atoms with Gasteiger partial charge in [-0.15, -0.1) is 0 Å². The summed E-state index contributed by atoms with van der Waals surface area (Å²) in [5, 5.41) is 55.2. The van der Waals surface area contributed by atoms with Crippen LogP contribution in [0.4, 0.5) is 0 Å². The third-order valence-corrected chi connectivity index (χ3v) is 3.83. The largest absolute Gasteiger partial charge is 0.508 e. The number of hydrogen-bond donors (Lipinski definition) is 7. The van der Waals surface area contributed by atoms with E-state index < -0.39 is 36.4 Å². The van der Waals surface area contributed by atoms with Gasteiger partial charge in [0.2, 0.25) is 0 Å². The molecule has 10 heteroatoms. The Balaban J connectivity index is 0.000000555. The third kappa shape index (κ3) is 11.0. The molecule has 1 aromatic rings. The predicted octanol–water partition coefficient (Wildman–Crippen LogP) is 0.221. The molecule has 1 aromatic carbocycles. The smallest absolute Gasteiger partial charge is 0.336 e. The quantitative estimate of drug-likeness (QED) is 0.233. The highest BCUT2D eigenvalue weighted by Crippen LogP contribution is 2.20. The fourth-order valence-electron chi connectivity index (χ4n) is 2.41. The topological polar surface area (TPSA) is 185 Å². The van der Waals surface area contributed by atoms with Crippen molar-refractivity contribution < 1.29 is 45.0 Å². The zero-order chi connectivity index (χ0) is 22.4. The molecule has 0 heterocycles. The molecule has 0 aliphatic heterocycles. The minimum absolute atomic E-state index is 0.177. The second-order valence-corrected chi connectivity index (χ2v) is 6.41. The van der Waals surface area contributed by atoms with Gasteiger partial charge >= 0.3 is 17.9 Å². The standard InChI is InChI=1S/C13H21NO2.C6H8O7/c1-2-3-12-10-11(4-5-13(12)16)6-7-14-8-9-15;7-3(8)1-6(13,5(11)12)2-4(9)10/h4-5,10,14-16H,2-3,6-9H2,1H3;13H,1-2H2,(H,7,8)(H,9,10)(H,11,12). The highest BCUT2D eigenvalue weighted by molar-refractivity contribution is 5.88. The Labute approximate surface area is 168 Å². The summed E-state index contributed by atoms with van der Waals surface area (Å²) in [6.07, 6.45) is 0.601. The molecule has 29 heavy (non-hydrogen) atoms. The lowest BCUT2D eigenvalue weighted by atomic mass is 9.96. The molecule has 0 spiro atoms. The zero-order valence-electron chi connectivity index (χ0n) is 16.3. The van der Waals surface area contributed by atoms with Crippen molar-refractivity contribution in [1.82, 2.24) is 5.32 Å². The minimum atomic E-state index is -2.74. The number of phenolic OH excluding ortho intramolecular Hbond substituents is 1. The lowest BCUT2D eigenvalue weighted by Gasteiger charge is -2.18. The molecule has 0 radical (unpaired) electrons. The van der Waals surface area contributed by atoms with E-state index in [0.29, 0.717) is 12.3 Å². The molecule has 1 rings (SSSR count). The molecule has 0 bridgehead atoms. The fourth-order valence-corrected chi connectivity index (χ4v) is 2.41. The van der Waals surface area contributed by atoms with Gasteiger partial charge in [0.1, 0.15) is 5.75 Å².